The highest BCUT2D eigenvalue weighted by atomic mass is 32.2. The Hall–Kier alpha value is -2.74. The molecule has 0 aliphatic carbocycles. The number of carbonyl (C=O) groups excluding carboxylic acids is 1. The first-order chi connectivity index (χ1) is 16.2. The first-order valence-electron chi connectivity index (χ1n) is 11.2. The van der Waals surface area contributed by atoms with Crippen LogP contribution < -0.4 is 26.2 Å². The summed E-state index contributed by atoms with van der Waals surface area (Å²) < 4.78 is 27.9. The van der Waals surface area contributed by atoms with Crippen LogP contribution in [0.25, 0.3) is 0 Å². The van der Waals surface area contributed by atoms with E-state index in [-0.39, 0.29) is 17.4 Å². The summed E-state index contributed by atoms with van der Waals surface area (Å²) in [6.45, 7) is 3.56. The second-order valence-electron chi connectivity index (χ2n) is 8.38. The fourth-order valence-electron chi connectivity index (χ4n) is 3.95. The molecule has 3 unspecified atom stereocenters. The zero-order valence-electron chi connectivity index (χ0n) is 19.0. The Bertz CT molecular complexity index is 989. The van der Waals surface area contributed by atoms with Crippen LogP contribution in [0.5, 0.6) is 0 Å². The molecule has 12 nitrogen and oxygen atoms in total. The zero-order chi connectivity index (χ0) is 24.6. The number of hydroxylamine groups is 1. The molecule has 13 heteroatoms. The Morgan fingerprint density at radius 2 is 2.06 bits per heavy atom. The van der Waals surface area contributed by atoms with Crippen molar-refractivity contribution in [3.63, 3.8) is 0 Å². The third kappa shape index (κ3) is 7.13. The number of amides is 1. The minimum atomic E-state index is -4.24. The summed E-state index contributed by atoms with van der Waals surface area (Å²) in [6.07, 6.45) is 2.13. The second kappa shape index (κ2) is 11.6. The summed E-state index contributed by atoms with van der Waals surface area (Å²) in [5.74, 6) is -1.42. The van der Waals surface area contributed by atoms with Crippen molar-refractivity contribution in [3.8, 4) is 0 Å². The largest absolute Gasteiger partial charge is 0.478 e. The first-order valence-corrected chi connectivity index (χ1v) is 12.7. The van der Waals surface area contributed by atoms with Crippen molar-refractivity contribution >= 4 is 27.9 Å². The van der Waals surface area contributed by atoms with E-state index < -0.39 is 33.7 Å². The van der Waals surface area contributed by atoms with Gasteiger partial charge < -0.3 is 21.1 Å². The van der Waals surface area contributed by atoms with Crippen molar-refractivity contribution in [2.45, 2.75) is 61.7 Å². The monoisotopic (exact) mass is 496 g/mol. The van der Waals surface area contributed by atoms with Crippen LogP contribution in [0.15, 0.2) is 40.2 Å². The van der Waals surface area contributed by atoms with Gasteiger partial charge in [0.25, 0.3) is 0 Å². The average Bonchev–Trinajstić information content (AvgIpc) is 3.24. The molecule has 1 saturated heterocycles. The van der Waals surface area contributed by atoms with Crippen LogP contribution >= 0.6 is 0 Å². The van der Waals surface area contributed by atoms with Gasteiger partial charge in [-0.2, -0.15) is 10.2 Å². The minimum absolute atomic E-state index is 0.0393. The number of hydrogen-bond donors (Lipinski definition) is 6. The zero-order valence-corrected chi connectivity index (χ0v) is 19.9. The maximum absolute atomic E-state index is 12.9. The van der Waals surface area contributed by atoms with E-state index in [1.54, 1.807) is 6.07 Å². The van der Waals surface area contributed by atoms with Crippen LogP contribution in [-0.4, -0.2) is 68.8 Å². The van der Waals surface area contributed by atoms with E-state index in [2.05, 4.69) is 31.1 Å². The fraction of sp³-hybridized carbons (Fsp3) is 0.571. The third-order valence-electron chi connectivity index (χ3n) is 5.52. The third-order valence-corrected chi connectivity index (χ3v) is 7.03. The molecule has 2 heterocycles. The standard InChI is InChI=1S/C21H32N6O6S/c1-15(28)25-21(19(29)30,27-34(31,32)18-8-3-2-4-9-18)14-17-13-16(26-33-17)7-5-10-22-20-23-11-6-12-24-20/h2-4,8-9,16-17,26-27H,5-7,10-14H2,1H3,(H,25,28)(H,29,30)(H2,22,23,24). The number of carboxylic acid groups (broad SMARTS) is 1. The number of carbonyl (C=O) groups is 2. The predicted molar refractivity (Wildman–Crippen MR) is 124 cm³/mol. The number of aliphatic imine (C=N–C) groups is 1. The van der Waals surface area contributed by atoms with Crippen molar-refractivity contribution in [2.75, 3.05) is 19.6 Å². The lowest BCUT2D eigenvalue weighted by molar-refractivity contribution is -0.150. The van der Waals surface area contributed by atoms with Gasteiger partial charge in [-0.1, -0.05) is 18.2 Å². The summed E-state index contributed by atoms with van der Waals surface area (Å²) in [4.78, 5) is 33.9. The van der Waals surface area contributed by atoms with E-state index in [1.165, 1.54) is 24.3 Å². The molecule has 3 rings (SSSR count). The van der Waals surface area contributed by atoms with Gasteiger partial charge in [0.05, 0.1) is 11.0 Å². The molecule has 34 heavy (non-hydrogen) atoms. The molecule has 188 valence electrons. The molecule has 1 aromatic rings. The van der Waals surface area contributed by atoms with Crippen molar-refractivity contribution in [1.82, 2.24) is 26.2 Å². The van der Waals surface area contributed by atoms with Crippen molar-refractivity contribution in [3.05, 3.63) is 30.3 Å². The summed E-state index contributed by atoms with van der Waals surface area (Å²) in [5.41, 5.74) is 0.628. The lowest BCUT2D eigenvalue weighted by Crippen LogP contribution is -2.66. The van der Waals surface area contributed by atoms with Crippen LogP contribution in [0.2, 0.25) is 0 Å². The van der Waals surface area contributed by atoms with Gasteiger partial charge in [0.15, 0.2) is 5.96 Å². The SMILES string of the molecule is CC(=O)NC(CC1CC(CCCNC2=NCCCN2)NO1)(NS(=O)(=O)c1ccccc1)C(=O)O. The summed E-state index contributed by atoms with van der Waals surface area (Å²) >= 11 is 0. The molecule has 1 amide bonds. The number of carboxylic acids is 1. The number of aliphatic carboxylic acids is 1. The summed E-state index contributed by atoms with van der Waals surface area (Å²) in [6, 6.07) is 7.34. The highest BCUT2D eigenvalue weighted by molar-refractivity contribution is 7.89. The molecule has 0 aromatic heterocycles. The van der Waals surface area contributed by atoms with Gasteiger partial charge in [0, 0.05) is 39.0 Å². The second-order valence-corrected chi connectivity index (χ2v) is 10.1. The van der Waals surface area contributed by atoms with Gasteiger partial charge in [-0.15, -0.1) is 0 Å². The Kier molecular flexibility index (Phi) is 8.83. The van der Waals surface area contributed by atoms with Crippen LogP contribution in [0.3, 0.4) is 0 Å². The molecule has 0 saturated carbocycles. The number of sulfonamides is 1. The van der Waals surface area contributed by atoms with E-state index in [4.69, 9.17) is 4.84 Å². The Balaban J connectivity index is 1.61. The van der Waals surface area contributed by atoms with Crippen LogP contribution in [0.4, 0.5) is 0 Å². The smallest absolute Gasteiger partial charge is 0.345 e. The van der Waals surface area contributed by atoms with Crippen molar-refractivity contribution < 1.29 is 28.0 Å². The maximum Gasteiger partial charge on any atom is 0.345 e. The van der Waals surface area contributed by atoms with E-state index in [9.17, 15) is 23.1 Å². The molecular weight excluding hydrogens is 464 g/mol. The molecule has 2 aliphatic rings. The van der Waals surface area contributed by atoms with Gasteiger partial charge in [0.2, 0.25) is 21.6 Å². The normalized spacial score (nSPS) is 22.2. The molecule has 2 aliphatic heterocycles. The number of rotatable bonds is 11. The molecule has 3 atom stereocenters. The number of nitrogens with one attached hydrogen (secondary N) is 5. The molecule has 1 fully saturated rings. The Morgan fingerprint density at radius 3 is 2.71 bits per heavy atom. The van der Waals surface area contributed by atoms with Crippen LogP contribution in [0, 0.1) is 0 Å². The van der Waals surface area contributed by atoms with Gasteiger partial charge in [0.1, 0.15) is 0 Å². The molecule has 0 spiro atoms. The van der Waals surface area contributed by atoms with Gasteiger partial charge >= 0.3 is 5.97 Å². The summed E-state index contributed by atoms with van der Waals surface area (Å²) in [5, 5.41) is 18.7. The quantitative estimate of drug-likeness (QED) is 0.177. The summed E-state index contributed by atoms with van der Waals surface area (Å²) in [7, 11) is -4.24. The van der Waals surface area contributed by atoms with E-state index in [0.717, 1.165) is 51.8 Å². The molecule has 0 radical (unpaired) electrons. The van der Waals surface area contributed by atoms with Crippen LogP contribution in [0.1, 0.15) is 39.0 Å². The van der Waals surface area contributed by atoms with Crippen molar-refractivity contribution in [1.29, 1.82) is 0 Å². The van der Waals surface area contributed by atoms with Gasteiger partial charge in [-0.05, 0) is 37.8 Å². The topological polar surface area (TPSA) is 170 Å². The fourth-order valence-corrected chi connectivity index (χ4v) is 5.26. The predicted octanol–water partition coefficient (Wildman–Crippen LogP) is -0.347. The average molecular weight is 497 g/mol. The van der Waals surface area contributed by atoms with E-state index in [1.807, 2.05) is 0 Å². The number of hydrogen-bond acceptors (Lipinski definition) is 9. The van der Waals surface area contributed by atoms with E-state index in [0.29, 0.717) is 6.42 Å². The molecule has 0 bridgehead atoms. The Morgan fingerprint density at radius 1 is 1.29 bits per heavy atom. The number of guanidine groups is 1. The van der Waals surface area contributed by atoms with Crippen molar-refractivity contribution in [2.24, 2.45) is 4.99 Å². The Labute approximate surface area is 198 Å². The van der Waals surface area contributed by atoms with Crippen LogP contribution in [-0.2, 0) is 24.4 Å². The highest BCUT2D eigenvalue weighted by Gasteiger charge is 2.47. The van der Waals surface area contributed by atoms with E-state index >= 15 is 0 Å². The minimum Gasteiger partial charge on any atom is -0.478 e. The molecular formula is C21H32N6O6S. The molecule has 1 aromatic carbocycles. The lowest BCUT2D eigenvalue weighted by atomic mass is 9.97. The number of nitrogens with zero attached hydrogens (tertiary/aromatic N) is 1. The first kappa shape index (κ1) is 25.9. The lowest BCUT2D eigenvalue weighted by Gasteiger charge is -2.32. The maximum atomic E-state index is 12.9. The number of benzene rings is 1. The highest BCUT2D eigenvalue weighted by Crippen LogP contribution is 2.24. The van der Waals surface area contributed by atoms with Gasteiger partial charge in [-0.25, -0.2) is 13.2 Å². The molecule has 6 N–H and O–H groups in total. The van der Waals surface area contributed by atoms with Gasteiger partial charge in [-0.3, -0.25) is 14.6 Å².